The predicted molar refractivity (Wildman–Crippen MR) is 105 cm³/mol. The van der Waals surface area contributed by atoms with Crippen LogP contribution in [0.1, 0.15) is 55.9 Å². The van der Waals surface area contributed by atoms with Crippen LogP contribution in [-0.2, 0) is 17.6 Å². The summed E-state index contributed by atoms with van der Waals surface area (Å²) in [4.78, 5) is 24.6. The molecule has 2 aromatic rings. The Kier molecular flexibility index (Phi) is 4.40. The van der Waals surface area contributed by atoms with E-state index < -0.39 is 6.10 Å². The number of hydrogen-bond acceptors (Lipinski definition) is 5. The monoisotopic (exact) mass is 383 g/mol. The normalized spacial score (nSPS) is 21.2. The molecule has 2 N–H and O–H groups in total. The predicted octanol–water partition coefficient (Wildman–Crippen LogP) is 3.80. The van der Waals surface area contributed by atoms with Crippen LogP contribution in [-0.4, -0.2) is 23.1 Å². The number of rotatable bonds is 2. The van der Waals surface area contributed by atoms with E-state index in [1.807, 2.05) is 0 Å². The van der Waals surface area contributed by atoms with Crippen molar-refractivity contribution in [2.45, 2.75) is 53.1 Å². The molecule has 2 amide bonds. The Labute approximate surface area is 163 Å². The maximum atomic E-state index is 12.8. The molecular formula is C21H25N3O4. The van der Waals surface area contributed by atoms with Gasteiger partial charge < -0.3 is 19.9 Å². The molecular weight excluding hydrogens is 358 g/mol. The maximum absolute atomic E-state index is 12.8. The molecule has 0 saturated carbocycles. The molecule has 0 saturated heterocycles. The number of carbonyl (C=O) groups excluding carboxylic acids is 2. The van der Waals surface area contributed by atoms with Crippen molar-refractivity contribution >= 4 is 23.2 Å². The highest BCUT2D eigenvalue weighted by molar-refractivity contribution is 6.05. The molecule has 1 aromatic carbocycles. The average Bonchev–Trinajstić information content (AvgIpc) is 3.05. The number of anilines is 2. The van der Waals surface area contributed by atoms with Gasteiger partial charge in [-0.25, -0.2) is 0 Å². The molecule has 0 fully saturated rings. The van der Waals surface area contributed by atoms with Gasteiger partial charge in [-0.1, -0.05) is 25.9 Å². The molecule has 0 spiro atoms. The van der Waals surface area contributed by atoms with Gasteiger partial charge in [-0.3, -0.25) is 9.59 Å². The Morgan fingerprint density at radius 3 is 2.86 bits per heavy atom. The first-order valence-electron chi connectivity index (χ1n) is 9.62. The fourth-order valence-electron chi connectivity index (χ4n) is 3.80. The van der Waals surface area contributed by atoms with Gasteiger partial charge in [0.05, 0.1) is 5.69 Å². The minimum absolute atomic E-state index is 0.163. The second kappa shape index (κ2) is 6.65. The first-order valence-corrected chi connectivity index (χ1v) is 9.62. The van der Waals surface area contributed by atoms with Crippen LogP contribution >= 0.6 is 0 Å². The summed E-state index contributed by atoms with van der Waals surface area (Å²) in [6.45, 7) is 8.35. The molecule has 0 unspecified atom stereocenters. The van der Waals surface area contributed by atoms with E-state index in [1.165, 1.54) is 0 Å². The van der Waals surface area contributed by atoms with Gasteiger partial charge in [0.15, 0.2) is 11.8 Å². The summed E-state index contributed by atoms with van der Waals surface area (Å²) in [6, 6.07) is 5.15. The van der Waals surface area contributed by atoms with Gasteiger partial charge in [0.1, 0.15) is 11.5 Å². The van der Waals surface area contributed by atoms with Crippen molar-refractivity contribution < 1.29 is 18.8 Å². The molecule has 1 aromatic heterocycles. The number of aryl methyl sites for hydroxylation is 1. The first kappa shape index (κ1) is 18.5. The van der Waals surface area contributed by atoms with Gasteiger partial charge in [-0.15, -0.1) is 0 Å². The van der Waals surface area contributed by atoms with Crippen molar-refractivity contribution in [3.05, 3.63) is 35.2 Å². The Morgan fingerprint density at radius 2 is 2.11 bits per heavy atom. The van der Waals surface area contributed by atoms with Gasteiger partial charge >= 0.3 is 0 Å². The van der Waals surface area contributed by atoms with E-state index in [0.29, 0.717) is 28.7 Å². The van der Waals surface area contributed by atoms with E-state index in [2.05, 4.69) is 36.6 Å². The number of aromatic nitrogens is 1. The number of benzene rings is 1. The lowest BCUT2D eigenvalue weighted by Gasteiger charge is -2.33. The highest BCUT2D eigenvalue weighted by atomic mass is 16.5. The van der Waals surface area contributed by atoms with E-state index in [0.717, 1.165) is 30.6 Å². The van der Waals surface area contributed by atoms with Gasteiger partial charge in [-0.2, -0.15) is 0 Å². The number of nitrogens with zero attached hydrogens (tertiary/aromatic N) is 1. The van der Waals surface area contributed by atoms with Crippen LogP contribution in [0.2, 0.25) is 0 Å². The van der Waals surface area contributed by atoms with Crippen LogP contribution in [0.5, 0.6) is 5.75 Å². The van der Waals surface area contributed by atoms with Crippen molar-refractivity contribution in [2.24, 2.45) is 11.3 Å². The standard InChI is InChI=1S/C21H25N3O4/c1-11-19(25)23-15-10-13(6-8-17(15)27-11)22-20(26)18-14-9-12(21(2,3)4)5-7-16(14)28-24-18/h6,8,10-12H,5,7,9H2,1-4H3,(H,22,26)(H,23,25)/t11-,12+/m0/s1. The molecule has 2 atom stereocenters. The lowest BCUT2D eigenvalue weighted by Crippen LogP contribution is -2.34. The summed E-state index contributed by atoms with van der Waals surface area (Å²) in [6.07, 6.45) is 2.09. The molecule has 0 bridgehead atoms. The molecule has 2 aliphatic rings. The lowest BCUT2D eigenvalue weighted by molar-refractivity contribution is -0.122. The van der Waals surface area contributed by atoms with Crippen molar-refractivity contribution in [3.63, 3.8) is 0 Å². The molecule has 4 rings (SSSR count). The molecule has 28 heavy (non-hydrogen) atoms. The van der Waals surface area contributed by atoms with Gasteiger partial charge in [0.25, 0.3) is 11.8 Å². The lowest BCUT2D eigenvalue weighted by atomic mass is 9.71. The van der Waals surface area contributed by atoms with E-state index >= 15 is 0 Å². The van der Waals surface area contributed by atoms with Crippen molar-refractivity contribution in [3.8, 4) is 5.75 Å². The smallest absolute Gasteiger partial charge is 0.278 e. The third-order valence-electron chi connectivity index (χ3n) is 5.65. The summed E-state index contributed by atoms with van der Waals surface area (Å²) in [5.74, 6) is 1.34. The van der Waals surface area contributed by atoms with Crippen LogP contribution in [0.3, 0.4) is 0 Å². The van der Waals surface area contributed by atoms with Crippen LogP contribution in [0.25, 0.3) is 0 Å². The number of ether oxygens (including phenoxy) is 1. The molecule has 148 valence electrons. The molecule has 1 aliphatic carbocycles. The van der Waals surface area contributed by atoms with Gasteiger partial charge in [0.2, 0.25) is 0 Å². The third-order valence-corrected chi connectivity index (χ3v) is 5.65. The second-order valence-corrected chi connectivity index (χ2v) is 8.65. The van der Waals surface area contributed by atoms with E-state index in [-0.39, 0.29) is 17.2 Å². The highest BCUT2D eigenvalue weighted by Crippen LogP contribution is 2.38. The van der Waals surface area contributed by atoms with Crippen LogP contribution in [0, 0.1) is 11.3 Å². The minimum atomic E-state index is -0.537. The summed E-state index contributed by atoms with van der Waals surface area (Å²) >= 11 is 0. The van der Waals surface area contributed by atoms with Crippen LogP contribution in [0.4, 0.5) is 11.4 Å². The Hall–Kier alpha value is -2.83. The largest absolute Gasteiger partial charge is 0.479 e. The molecule has 2 heterocycles. The van der Waals surface area contributed by atoms with Crippen LogP contribution < -0.4 is 15.4 Å². The SMILES string of the molecule is C[C@@H]1Oc2ccc(NC(=O)c3noc4c3C[C@H](C(C)(C)C)CC4)cc2NC1=O. The second-order valence-electron chi connectivity index (χ2n) is 8.65. The summed E-state index contributed by atoms with van der Waals surface area (Å²) in [7, 11) is 0. The third kappa shape index (κ3) is 3.37. The number of hydrogen-bond donors (Lipinski definition) is 2. The quantitative estimate of drug-likeness (QED) is 0.823. The zero-order valence-electron chi connectivity index (χ0n) is 16.6. The molecule has 0 radical (unpaired) electrons. The zero-order valence-corrected chi connectivity index (χ0v) is 16.6. The summed E-state index contributed by atoms with van der Waals surface area (Å²) in [5, 5.41) is 9.68. The Balaban J connectivity index is 1.54. The summed E-state index contributed by atoms with van der Waals surface area (Å²) in [5.41, 5.74) is 2.51. The molecule has 7 nitrogen and oxygen atoms in total. The van der Waals surface area contributed by atoms with Gasteiger partial charge in [-0.05, 0) is 49.3 Å². The van der Waals surface area contributed by atoms with E-state index in [1.54, 1.807) is 25.1 Å². The first-order chi connectivity index (χ1) is 13.2. The Morgan fingerprint density at radius 1 is 1.32 bits per heavy atom. The van der Waals surface area contributed by atoms with Crippen molar-refractivity contribution in [1.82, 2.24) is 5.16 Å². The van der Waals surface area contributed by atoms with E-state index in [9.17, 15) is 9.59 Å². The fourth-order valence-corrected chi connectivity index (χ4v) is 3.80. The number of amides is 2. The average molecular weight is 383 g/mol. The Bertz CT molecular complexity index is 942. The number of carbonyl (C=O) groups is 2. The van der Waals surface area contributed by atoms with Crippen molar-refractivity contribution in [2.75, 3.05) is 10.6 Å². The topological polar surface area (TPSA) is 93.5 Å². The van der Waals surface area contributed by atoms with Gasteiger partial charge in [0, 0.05) is 17.7 Å². The zero-order chi connectivity index (χ0) is 20.1. The number of nitrogens with one attached hydrogen (secondary N) is 2. The van der Waals surface area contributed by atoms with Crippen molar-refractivity contribution in [1.29, 1.82) is 0 Å². The molecule has 7 heteroatoms. The maximum Gasteiger partial charge on any atom is 0.278 e. The summed E-state index contributed by atoms with van der Waals surface area (Å²) < 4.78 is 11.0. The van der Waals surface area contributed by atoms with Crippen LogP contribution in [0.15, 0.2) is 22.7 Å². The minimum Gasteiger partial charge on any atom is -0.479 e. The highest BCUT2D eigenvalue weighted by Gasteiger charge is 2.34. The fraction of sp³-hybridized carbons (Fsp3) is 0.476. The number of fused-ring (bicyclic) bond motifs is 2. The molecule has 1 aliphatic heterocycles. The van der Waals surface area contributed by atoms with E-state index in [4.69, 9.17) is 9.26 Å².